The molecular weight excluding hydrogens is 641 g/mol. The van der Waals surface area contributed by atoms with Gasteiger partial charge >= 0.3 is 6.09 Å². The predicted molar refractivity (Wildman–Crippen MR) is 181 cm³/mol. The normalized spacial score (nSPS) is 15.4. The van der Waals surface area contributed by atoms with Crippen LogP contribution in [0, 0.1) is 5.82 Å². The molecule has 1 aliphatic rings. The number of nitrogens with one attached hydrogen (secondary N) is 2. The van der Waals surface area contributed by atoms with Gasteiger partial charge in [0.25, 0.3) is 0 Å². The zero-order valence-corrected chi connectivity index (χ0v) is 27.8. The van der Waals surface area contributed by atoms with Crippen molar-refractivity contribution >= 4 is 49.8 Å². The number of hydrogen-bond acceptors (Lipinski definition) is 9. The molecule has 0 saturated carbocycles. The molecule has 0 spiro atoms. The van der Waals surface area contributed by atoms with Crippen LogP contribution in [-0.2, 0) is 14.6 Å². The topological polar surface area (TPSA) is 173 Å². The summed E-state index contributed by atoms with van der Waals surface area (Å²) < 4.78 is 54.0. The summed E-state index contributed by atoms with van der Waals surface area (Å²) in [4.78, 5) is 31.8. The van der Waals surface area contributed by atoms with Crippen LogP contribution in [0.4, 0.5) is 26.4 Å². The van der Waals surface area contributed by atoms with Crippen LogP contribution in [0.5, 0.6) is 11.5 Å². The number of sulfone groups is 1. The van der Waals surface area contributed by atoms with Gasteiger partial charge in [-0.05, 0) is 93.1 Å². The fourth-order valence-electron chi connectivity index (χ4n) is 5.97. The van der Waals surface area contributed by atoms with Gasteiger partial charge in [-0.2, -0.15) is 0 Å². The summed E-state index contributed by atoms with van der Waals surface area (Å²) in [5, 5.41) is 15.5. The molecule has 5 N–H and O–H groups in total. The van der Waals surface area contributed by atoms with E-state index in [0.29, 0.717) is 29.7 Å². The molecular formula is C34H38FN5O7S. The lowest BCUT2D eigenvalue weighted by Crippen LogP contribution is -2.38. The Morgan fingerprint density at radius 2 is 1.85 bits per heavy atom. The van der Waals surface area contributed by atoms with Crippen LogP contribution >= 0.6 is 0 Å². The highest BCUT2D eigenvalue weighted by atomic mass is 32.2. The average molecular weight is 680 g/mol. The number of nitrogen functional groups attached to an aromatic ring is 1. The fourth-order valence-corrected chi connectivity index (χ4v) is 7.26. The Labute approximate surface area is 278 Å². The Morgan fingerprint density at radius 1 is 1.10 bits per heavy atom. The molecule has 0 radical (unpaired) electrons. The van der Waals surface area contributed by atoms with Crippen LogP contribution in [0.1, 0.15) is 56.8 Å². The number of halogens is 1. The molecule has 1 fully saturated rings. The lowest BCUT2D eigenvalue weighted by atomic mass is 10.00. The van der Waals surface area contributed by atoms with Crippen LogP contribution in [-0.4, -0.2) is 60.9 Å². The summed E-state index contributed by atoms with van der Waals surface area (Å²) in [6.07, 6.45) is 1.16. The first-order chi connectivity index (χ1) is 22.8. The Hall–Kier alpha value is -5.11. The van der Waals surface area contributed by atoms with E-state index in [1.165, 1.54) is 36.3 Å². The van der Waals surface area contributed by atoms with Gasteiger partial charge in [0.1, 0.15) is 17.7 Å². The number of nitrogens with zero attached hydrogens (tertiary/aromatic N) is 2. The number of carboxylic acid groups (broad SMARTS) is 1. The average Bonchev–Trinajstić information content (AvgIpc) is 3.54. The van der Waals surface area contributed by atoms with Crippen molar-refractivity contribution in [2.24, 2.45) is 0 Å². The molecule has 0 unspecified atom stereocenters. The van der Waals surface area contributed by atoms with Crippen molar-refractivity contribution in [1.29, 1.82) is 0 Å². The fraction of sp³-hybridized carbons (Fsp3) is 0.324. The van der Waals surface area contributed by atoms with Crippen LogP contribution < -0.4 is 25.8 Å². The van der Waals surface area contributed by atoms with Gasteiger partial charge in [0.2, 0.25) is 5.91 Å². The van der Waals surface area contributed by atoms with E-state index >= 15 is 4.39 Å². The largest absolute Gasteiger partial charge is 0.493 e. The second-order valence-corrected chi connectivity index (χ2v) is 14.1. The molecule has 1 saturated heterocycles. The van der Waals surface area contributed by atoms with Crippen LogP contribution in [0.15, 0.2) is 65.7 Å². The summed E-state index contributed by atoms with van der Waals surface area (Å²) in [6.45, 7) is 5.38. The summed E-state index contributed by atoms with van der Waals surface area (Å²) >= 11 is 0. The molecule has 1 aliphatic heterocycles. The van der Waals surface area contributed by atoms with Gasteiger partial charge in [0.15, 0.2) is 21.3 Å². The number of hydrogen-bond donors (Lipinski definition) is 4. The van der Waals surface area contributed by atoms with Gasteiger partial charge in [0.05, 0.1) is 29.9 Å². The van der Waals surface area contributed by atoms with Gasteiger partial charge in [-0.3, -0.25) is 10.1 Å². The van der Waals surface area contributed by atoms with Crippen molar-refractivity contribution in [3.05, 3.63) is 77.7 Å². The van der Waals surface area contributed by atoms with Gasteiger partial charge in [-0.1, -0.05) is 0 Å². The summed E-state index contributed by atoms with van der Waals surface area (Å²) in [5.41, 5.74) is 6.95. The Kier molecular flexibility index (Phi) is 9.94. The molecule has 2 heterocycles. The molecule has 1 aromatic heterocycles. The number of benzene rings is 3. The third kappa shape index (κ3) is 6.79. The number of carbonyl (C=O) groups excluding carboxylic acids is 1. The highest BCUT2D eigenvalue weighted by molar-refractivity contribution is 7.92. The lowest BCUT2D eigenvalue weighted by Gasteiger charge is -2.32. The molecule has 0 bridgehead atoms. The van der Waals surface area contributed by atoms with Crippen molar-refractivity contribution < 1.29 is 37.0 Å². The third-order valence-corrected chi connectivity index (χ3v) is 10.6. The van der Waals surface area contributed by atoms with Crippen LogP contribution in [0.25, 0.3) is 10.8 Å². The highest BCUT2D eigenvalue weighted by Gasteiger charge is 2.39. The summed E-state index contributed by atoms with van der Waals surface area (Å²) in [6, 6.07) is 11.7. The number of nitrogens with two attached hydrogens (primary N) is 1. The second-order valence-electron chi connectivity index (χ2n) is 11.6. The molecule has 254 valence electrons. The van der Waals surface area contributed by atoms with E-state index in [1.54, 1.807) is 51.2 Å². The third-order valence-electron chi connectivity index (χ3n) is 8.33. The van der Waals surface area contributed by atoms with E-state index in [9.17, 15) is 23.1 Å². The predicted octanol–water partition coefficient (Wildman–Crippen LogP) is 6.15. The first kappa shape index (κ1) is 34.2. The number of anilines is 3. The van der Waals surface area contributed by atoms with Crippen LogP contribution in [0.3, 0.4) is 0 Å². The monoisotopic (exact) mass is 679 g/mol. The zero-order valence-electron chi connectivity index (χ0n) is 27.0. The van der Waals surface area contributed by atoms with E-state index in [0.717, 1.165) is 11.5 Å². The summed E-state index contributed by atoms with van der Waals surface area (Å²) in [5.74, 6) is -0.516. The number of ether oxygens (including phenoxy) is 2. The van der Waals surface area contributed by atoms with Crippen LogP contribution in [0.2, 0.25) is 0 Å². The molecule has 4 aromatic rings. The van der Waals surface area contributed by atoms with E-state index in [4.69, 9.17) is 15.2 Å². The standard InChI is InChI=1S/C34H38FN5O7S/c1-5-47-29-17-24(26(35)18-28(29)46-4)31(38-21-8-10-23-20(15-21)12-13-37-32(23)36)33(41)40-14-6-7-27(40)25-16-22(39-34(42)43)9-11-30(25)48(44,45)19(2)3/h8-13,15-19,27,31,38-39H,5-7,14H2,1-4H3,(H2,36,37)(H,42,43)/t27-,31+/m1/s1. The molecule has 2 amide bonds. The zero-order chi connectivity index (χ0) is 34.7. The molecule has 2 atom stereocenters. The van der Waals surface area contributed by atoms with Gasteiger partial charge in [-0.15, -0.1) is 0 Å². The Morgan fingerprint density at radius 3 is 2.54 bits per heavy atom. The van der Waals surface area contributed by atoms with Crippen molar-refractivity contribution in [3.8, 4) is 11.5 Å². The maximum Gasteiger partial charge on any atom is 0.409 e. The number of carbonyl (C=O) groups is 2. The van der Waals surface area contributed by atoms with Crippen molar-refractivity contribution in [2.75, 3.05) is 36.6 Å². The van der Waals surface area contributed by atoms with Crippen molar-refractivity contribution in [3.63, 3.8) is 0 Å². The molecule has 12 nitrogen and oxygen atoms in total. The molecule has 48 heavy (non-hydrogen) atoms. The quantitative estimate of drug-likeness (QED) is 0.144. The lowest BCUT2D eigenvalue weighted by molar-refractivity contribution is -0.133. The number of aromatic nitrogens is 1. The number of likely N-dealkylation sites (tertiary alicyclic amines) is 1. The number of fused-ring (bicyclic) bond motifs is 1. The van der Waals surface area contributed by atoms with E-state index in [2.05, 4.69) is 15.6 Å². The minimum atomic E-state index is -3.85. The number of amides is 2. The smallest absolute Gasteiger partial charge is 0.409 e. The first-order valence-electron chi connectivity index (χ1n) is 15.4. The first-order valence-corrected chi connectivity index (χ1v) is 17.0. The number of rotatable bonds is 11. The summed E-state index contributed by atoms with van der Waals surface area (Å²) in [7, 11) is -2.46. The van der Waals surface area contributed by atoms with Crippen molar-refractivity contribution in [1.82, 2.24) is 9.88 Å². The number of pyridine rings is 1. The van der Waals surface area contributed by atoms with E-state index in [-0.39, 0.29) is 46.4 Å². The van der Waals surface area contributed by atoms with E-state index in [1.807, 2.05) is 0 Å². The minimum Gasteiger partial charge on any atom is -0.493 e. The molecule has 5 rings (SSSR count). The van der Waals surface area contributed by atoms with E-state index < -0.39 is 45.0 Å². The molecule has 14 heteroatoms. The van der Waals surface area contributed by atoms with Gasteiger partial charge < -0.3 is 30.5 Å². The van der Waals surface area contributed by atoms with Crippen molar-refractivity contribution in [2.45, 2.75) is 55.8 Å². The molecule has 3 aromatic carbocycles. The Balaban J connectivity index is 1.64. The minimum absolute atomic E-state index is 0.00219. The maximum atomic E-state index is 16.0. The van der Waals surface area contributed by atoms with Gasteiger partial charge in [-0.25, -0.2) is 22.6 Å². The number of methoxy groups -OCH3 is 1. The van der Waals surface area contributed by atoms with Gasteiger partial charge in [0, 0.05) is 41.1 Å². The maximum absolute atomic E-state index is 16.0. The second kappa shape index (κ2) is 13.9. The highest BCUT2D eigenvalue weighted by Crippen LogP contribution is 2.41. The Bertz CT molecular complexity index is 1970. The SMILES string of the molecule is CCOc1cc([C@H](Nc2ccc3c(N)nccc3c2)C(=O)N2CCC[C@@H]2c2cc(NC(=O)O)ccc2S(=O)(=O)C(C)C)c(F)cc1OC. The molecule has 0 aliphatic carbocycles.